The molecule has 2 heterocycles. The van der Waals surface area contributed by atoms with E-state index in [0.29, 0.717) is 28.9 Å². The molecular formula is C26H32N4O4S. The lowest BCUT2D eigenvalue weighted by Crippen LogP contribution is -2.44. The molecule has 0 radical (unpaired) electrons. The van der Waals surface area contributed by atoms with E-state index < -0.39 is 6.04 Å². The van der Waals surface area contributed by atoms with E-state index in [1.165, 1.54) is 22.5 Å². The van der Waals surface area contributed by atoms with Gasteiger partial charge >= 0.3 is 0 Å². The summed E-state index contributed by atoms with van der Waals surface area (Å²) in [5, 5.41) is 7.92. The van der Waals surface area contributed by atoms with Crippen molar-refractivity contribution in [2.24, 2.45) is 5.92 Å². The third-order valence-corrected chi connectivity index (χ3v) is 6.13. The number of hydrogen-bond donors (Lipinski definition) is 2. The van der Waals surface area contributed by atoms with E-state index in [9.17, 15) is 14.4 Å². The minimum atomic E-state index is -0.859. The minimum Gasteiger partial charge on any atom is -0.467 e. The van der Waals surface area contributed by atoms with Gasteiger partial charge in [0.05, 0.1) is 12.8 Å². The Morgan fingerprint density at radius 2 is 1.89 bits per heavy atom. The fraction of sp³-hybridized carbons (Fsp3) is 0.385. The number of furan rings is 1. The quantitative estimate of drug-likeness (QED) is 0.378. The minimum absolute atomic E-state index is 0.0251. The molecule has 0 saturated heterocycles. The topological polar surface area (TPSA) is 105 Å². The molecule has 3 amide bonds. The summed E-state index contributed by atoms with van der Waals surface area (Å²) in [5.41, 5.74) is 1.75. The molecule has 0 fully saturated rings. The Morgan fingerprint density at radius 1 is 1.11 bits per heavy atom. The van der Waals surface area contributed by atoms with Crippen LogP contribution in [0, 0.1) is 12.8 Å². The summed E-state index contributed by atoms with van der Waals surface area (Å²) in [6, 6.07) is 10.2. The van der Waals surface area contributed by atoms with Crippen LogP contribution in [0.15, 0.2) is 58.7 Å². The van der Waals surface area contributed by atoms with Crippen molar-refractivity contribution in [3.63, 3.8) is 0 Å². The maximum atomic E-state index is 13.5. The second-order valence-corrected chi connectivity index (χ2v) is 9.67. The van der Waals surface area contributed by atoms with Gasteiger partial charge in [0.1, 0.15) is 11.8 Å². The molecule has 0 saturated carbocycles. The summed E-state index contributed by atoms with van der Waals surface area (Å²) in [5.74, 6) is 0.101. The zero-order valence-corrected chi connectivity index (χ0v) is 21.1. The van der Waals surface area contributed by atoms with Gasteiger partial charge in [-0.15, -0.1) is 11.3 Å². The molecule has 8 nitrogen and oxygen atoms in total. The SMILES string of the molecule is Cc1ccc([C@H](C(=O)NCCC(C)C)N(Cc2ccco2)C(=O)CCC(=O)Nc2nccs2)cc1. The van der Waals surface area contributed by atoms with Crippen molar-refractivity contribution < 1.29 is 18.8 Å². The highest BCUT2D eigenvalue weighted by molar-refractivity contribution is 7.13. The molecule has 3 rings (SSSR count). The van der Waals surface area contributed by atoms with E-state index in [2.05, 4.69) is 29.5 Å². The highest BCUT2D eigenvalue weighted by Gasteiger charge is 2.32. The number of nitrogens with one attached hydrogen (secondary N) is 2. The molecule has 0 unspecified atom stereocenters. The van der Waals surface area contributed by atoms with Gasteiger partial charge in [-0.2, -0.15) is 0 Å². The Bertz CT molecular complexity index is 1080. The number of benzene rings is 1. The Labute approximate surface area is 209 Å². The standard InChI is InChI=1S/C26H32N4O4S/c1-18(2)12-13-27-25(33)24(20-8-6-19(3)7-9-20)30(17-21-5-4-15-34-21)23(32)11-10-22(31)29-26-28-14-16-35-26/h4-9,14-16,18,24H,10-13,17H2,1-3H3,(H,27,33)(H,28,29,31)/t24-/m1/s1. The summed E-state index contributed by atoms with van der Waals surface area (Å²) >= 11 is 1.31. The Morgan fingerprint density at radius 3 is 2.51 bits per heavy atom. The maximum absolute atomic E-state index is 13.5. The zero-order chi connectivity index (χ0) is 25.2. The van der Waals surface area contributed by atoms with Gasteiger partial charge in [-0.3, -0.25) is 14.4 Å². The van der Waals surface area contributed by atoms with Gasteiger partial charge in [0.25, 0.3) is 0 Å². The third-order valence-electron chi connectivity index (χ3n) is 5.45. The first kappa shape index (κ1) is 26.2. The number of aromatic nitrogens is 1. The van der Waals surface area contributed by atoms with Crippen molar-refractivity contribution in [1.29, 1.82) is 0 Å². The number of carbonyl (C=O) groups is 3. The van der Waals surface area contributed by atoms with Gasteiger partial charge in [-0.05, 0) is 37.0 Å². The lowest BCUT2D eigenvalue weighted by Gasteiger charge is -2.31. The highest BCUT2D eigenvalue weighted by atomic mass is 32.1. The molecule has 186 valence electrons. The van der Waals surface area contributed by atoms with Crippen LogP contribution in [0.4, 0.5) is 5.13 Å². The van der Waals surface area contributed by atoms with E-state index in [1.54, 1.807) is 23.7 Å². The average molecular weight is 497 g/mol. The predicted octanol–water partition coefficient (Wildman–Crippen LogP) is 4.70. The lowest BCUT2D eigenvalue weighted by molar-refractivity contribution is -0.142. The van der Waals surface area contributed by atoms with E-state index in [0.717, 1.165) is 12.0 Å². The van der Waals surface area contributed by atoms with Gasteiger partial charge < -0.3 is 20.0 Å². The molecule has 35 heavy (non-hydrogen) atoms. The monoisotopic (exact) mass is 496 g/mol. The largest absolute Gasteiger partial charge is 0.467 e. The third kappa shape index (κ3) is 8.06. The van der Waals surface area contributed by atoms with Crippen LogP contribution in [0.2, 0.25) is 0 Å². The van der Waals surface area contributed by atoms with Crippen molar-refractivity contribution in [3.8, 4) is 0 Å². The van der Waals surface area contributed by atoms with Crippen molar-refractivity contribution in [1.82, 2.24) is 15.2 Å². The molecule has 0 bridgehead atoms. The van der Waals surface area contributed by atoms with Gasteiger partial charge in [0.15, 0.2) is 5.13 Å². The number of anilines is 1. The molecule has 9 heteroatoms. The van der Waals surface area contributed by atoms with Gasteiger partial charge in [0.2, 0.25) is 17.7 Å². The van der Waals surface area contributed by atoms with Crippen LogP contribution in [0.3, 0.4) is 0 Å². The molecule has 0 aliphatic heterocycles. The number of aryl methyl sites for hydroxylation is 1. The van der Waals surface area contributed by atoms with Crippen LogP contribution < -0.4 is 10.6 Å². The summed E-state index contributed by atoms with van der Waals surface area (Å²) < 4.78 is 5.50. The number of rotatable bonds is 12. The molecule has 0 spiro atoms. The molecule has 2 aromatic heterocycles. The molecule has 0 aliphatic carbocycles. The van der Waals surface area contributed by atoms with Crippen LogP contribution in [0.5, 0.6) is 0 Å². The second-order valence-electron chi connectivity index (χ2n) is 8.77. The van der Waals surface area contributed by atoms with Crippen molar-refractivity contribution >= 4 is 34.2 Å². The average Bonchev–Trinajstić information content (AvgIpc) is 3.52. The van der Waals surface area contributed by atoms with E-state index in [-0.39, 0.29) is 37.1 Å². The number of hydrogen-bond acceptors (Lipinski definition) is 6. The molecule has 3 aromatic rings. The number of amides is 3. The highest BCUT2D eigenvalue weighted by Crippen LogP contribution is 2.26. The molecule has 1 aromatic carbocycles. The maximum Gasteiger partial charge on any atom is 0.247 e. The predicted molar refractivity (Wildman–Crippen MR) is 136 cm³/mol. The van der Waals surface area contributed by atoms with Crippen LogP contribution in [0.1, 0.15) is 56.0 Å². The Kier molecular flexibility index (Phi) is 9.60. The summed E-state index contributed by atoms with van der Waals surface area (Å²) in [6.07, 6.45) is 3.88. The summed E-state index contributed by atoms with van der Waals surface area (Å²) in [6.45, 7) is 6.77. The second kappa shape index (κ2) is 12.9. The first-order valence-corrected chi connectivity index (χ1v) is 12.6. The van der Waals surface area contributed by atoms with Gasteiger partial charge in [0, 0.05) is 31.0 Å². The van der Waals surface area contributed by atoms with Crippen molar-refractivity contribution in [3.05, 3.63) is 71.1 Å². The smallest absolute Gasteiger partial charge is 0.247 e. The van der Waals surface area contributed by atoms with Crippen molar-refractivity contribution in [2.45, 2.75) is 52.6 Å². The van der Waals surface area contributed by atoms with E-state index in [4.69, 9.17) is 4.42 Å². The first-order valence-electron chi connectivity index (χ1n) is 11.7. The number of nitrogens with zero attached hydrogens (tertiary/aromatic N) is 2. The molecular weight excluding hydrogens is 464 g/mol. The number of carbonyl (C=O) groups excluding carboxylic acids is 3. The van der Waals surface area contributed by atoms with Crippen LogP contribution >= 0.6 is 11.3 Å². The zero-order valence-electron chi connectivity index (χ0n) is 20.3. The van der Waals surface area contributed by atoms with Gasteiger partial charge in [-0.1, -0.05) is 43.7 Å². The normalized spacial score (nSPS) is 11.8. The Hall–Kier alpha value is -3.46. The molecule has 0 aliphatic rings. The summed E-state index contributed by atoms with van der Waals surface area (Å²) in [7, 11) is 0. The van der Waals surface area contributed by atoms with Gasteiger partial charge in [-0.25, -0.2) is 4.98 Å². The van der Waals surface area contributed by atoms with E-state index in [1.807, 2.05) is 31.2 Å². The first-order chi connectivity index (χ1) is 16.8. The number of thiazole rings is 1. The van der Waals surface area contributed by atoms with Crippen LogP contribution in [-0.2, 0) is 20.9 Å². The van der Waals surface area contributed by atoms with E-state index >= 15 is 0 Å². The summed E-state index contributed by atoms with van der Waals surface area (Å²) in [4.78, 5) is 44.8. The fourth-order valence-electron chi connectivity index (χ4n) is 3.53. The molecule has 2 N–H and O–H groups in total. The van der Waals surface area contributed by atoms with Crippen LogP contribution in [0.25, 0.3) is 0 Å². The Balaban J connectivity index is 1.82. The van der Waals surface area contributed by atoms with Crippen molar-refractivity contribution in [2.75, 3.05) is 11.9 Å². The lowest BCUT2D eigenvalue weighted by atomic mass is 10.0. The fourth-order valence-corrected chi connectivity index (χ4v) is 4.07. The molecule has 1 atom stereocenters. The van der Waals surface area contributed by atoms with Crippen LogP contribution in [-0.4, -0.2) is 34.2 Å².